The Morgan fingerprint density at radius 1 is 1.50 bits per heavy atom. The van der Waals surface area contributed by atoms with Crippen LogP contribution in [-0.2, 0) is 13.0 Å². The highest BCUT2D eigenvalue weighted by molar-refractivity contribution is 5.21. The van der Waals surface area contributed by atoms with Crippen LogP contribution in [0.5, 0.6) is 5.88 Å². The van der Waals surface area contributed by atoms with E-state index in [0.29, 0.717) is 0 Å². The first kappa shape index (κ1) is 9.10. The minimum atomic E-state index is 0.199. The van der Waals surface area contributed by atoms with Crippen LogP contribution in [0.1, 0.15) is 32.3 Å². The van der Waals surface area contributed by atoms with Gasteiger partial charge >= 0.3 is 0 Å². The van der Waals surface area contributed by atoms with Crippen LogP contribution in [0.25, 0.3) is 0 Å². The van der Waals surface area contributed by atoms with E-state index in [1.165, 1.54) is 0 Å². The highest BCUT2D eigenvalue weighted by Crippen LogP contribution is 2.16. The van der Waals surface area contributed by atoms with Crippen molar-refractivity contribution in [1.29, 1.82) is 0 Å². The molecule has 0 unspecified atom stereocenters. The average molecular weight is 168 g/mol. The summed E-state index contributed by atoms with van der Waals surface area (Å²) >= 11 is 0. The number of hydrogen-bond acceptors (Lipinski definition) is 2. The van der Waals surface area contributed by atoms with Crippen molar-refractivity contribution in [2.24, 2.45) is 0 Å². The molecule has 3 nitrogen and oxygen atoms in total. The summed E-state index contributed by atoms with van der Waals surface area (Å²) in [5, 5.41) is 13.3. The number of rotatable bonds is 4. The number of unbranched alkanes of at least 4 members (excludes halogenated alkanes) is 1. The van der Waals surface area contributed by atoms with Gasteiger partial charge in [-0.1, -0.05) is 13.3 Å². The Hall–Kier alpha value is -0.990. The van der Waals surface area contributed by atoms with Gasteiger partial charge in [-0.15, -0.1) is 5.10 Å². The summed E-state index contributed by atoms with van der Waals surface area (Å²) in [5.74, 6) is 0.199. The molecule has 0 bridgehead atoms. The zero-order valence-electron chi connectivity index (χ0n) is 7.75. The molecular weight excluding hydrogens is 152 g/mol. The summed E-state index contributed by atoms with van der Waals surface area (Å²) in [4.78, 5) is 0. The van der Waals surface area contributed by atoms with Gasteiger partial charge in [0.2, 0.25) is 5.88 Å². The Kier molecular flexibility index (Phi) is 3.14. The first-order valence-electron chi connectivity index (χ1n) is 4.53. The van der Waals surface area contributed by atoms with E-state index in [-0.39, 0.29) is 5.88 Å². The maximum atomic E-state index is 9.36. The van der Waals surface area contributed by atoms with Gasteiger partial charge in [0.05, 0.1) is 0 Å². The van der Waals surface area contributed by atoms with Crippen molar-refractivity contribution >= 4 is 0 Å². The van der Waals surface area contributed by atoms with E-state index in [2.05, 4.69) is 12.0 Å². The molecule has 0 radical (unpaired) electrons. The molecule has 12 heavy (non-hydrogen) atoms. The van der Waals surface area contributed by atoms with E-state index >= 15 is 0 Å². The second kappa shape index (κ2) is 4.14. The van der Waals surface area contributed by atoms with Gasteiger partial charge in [-0.2, -0.15) is 0 Å². The highest BCUT2D eigenvalue weighted by atomic mass is 16.3. The topological polar surface area (TPSA) is 38.0 Å². The van der Waals surface area contributed by atoms with Crippen LogP contribution in [0, 0.1) is 0 Å². The second-order valence-corrected chi connectivity index (χ2v) is 2.94. The van der Waals surface area contributed by atoms with E-state index in [9.17, 15) is 5.11 Å². The largest absolute Gasteiger partial charge is 0.492 e. The van der Waals surface area contributed by atoms with Crippen LogP contribution in [-0.4, -0.2) is 14.9 Å². The molecule has 0 saturated heterocycles. The van der Waals surface area contributed by atoms with E-state index in [1.807, 2.05) is 13.1 Å². The summed E-state index contributed by atoms with van der Waals surface area (Å²) in [6.07, 6.45) is 5.12. The monoisotopic (exact) mass is 168 g/mol. The van der Waals surface area contributed by atoms with Crippen LogP contribution in [0.2, 0.25) is 0 Å². The lowest BCUT2D eigenvalue weighted by atomic mass is 10.1. The molecule has 0 fully saturated rings. The molecule has 1 rings (SSSR count). The highest BCUT2D eigenvalue weighted by Gasteiger charge is 2.04. The molecule has 0 aliphatic rings. The lowest BCUT2D eigenvalue weighted by Gasteiger charge is -1.93. The average Bonchev–Trinajstić information content (AvgIpc) is 2.43. The van der Waals surface area contributed by atoms with Crippen molar-refractivity contribution in [3.63, 3.8) is 0 Å². The molecule has 0 atom stereocenters. The zero-order chi connectivity index (χ0) is 8.97. The molecule has 0 aliphatic carbocycles. The molecule has 0 aromatic carbocycles. The standard InChI is InChI=1S/C9H16N2O/c1-3-5-6-8-7-11(4-2)10-9(8)12/h7H,3-6H2,1-2H3,(H,10,12). The molecule has 1 heterocycles. The third-order valence-corrected chi connectivity index (χ3v) is 1.94. The summed E-state index contributed by atoms with van der Waals surface area (Å²) in [7, 11) is 0. The van der Waals surface area contributed by atoms with Gasteiger partial charge in [0, 0.05) is 18.3 Å². The number of nitrogens with zero attached hydrogens (tertiary/aromatic N) is 2. The predicted molar refractivity (Wildman–Crippen MR) is 48.2 cm³/mol. The van der Waals surface area contributed by atoms with Gasteiger partial charge in [-0.25, -0.2) is 0 Å². The number of aryl methyl sites for hydroxylation is 2. The van der Waals surface area contributed by atoms with Gasteiger partial charge in [0.25, 0.3) is 0 Å². The van der Waals surface area contributed by atoms with Crippen LogP contribution in [0.4, 0.5) is 0 Å². The zero-order valence-corrected chi connectivity index (χ0v) is 7.75. The second-order valence-electron chi connectivity index (χ2n) is 2.94. The van der Waals surface area contributed by atoms with Gasteiger partial charge in [-0.05, 0) is 19.8 Å². The summed E-state index contributed by atoms with van der Waals surface area (Å²) < 4.78 is 1.76. The van der Waals surface area contributed by atoms with E-state index < -0.39 is 0 Å². The minimum Gasteiger partial charge on any atom is -0.492 e. The van der Waals surface area contributed by atoms with E-state index in [0.717, 1.165) is 31.4 Å². The van der Waals surface area contributed by atoms with Crippen molar-refractivity contribution in [2.45, 2.75) is 39.7 Å². The quantitative estimate of drug-likeness (QED) is 0.746. The maximum absolute atomic E-state index is 9.36. The van der Waals surface area contributed by atoms with E-state index in [1.54, 1.807) is 4.68 Å². The Labute approximate surface area is 73.0 Å². The number of aromatic hydroxyl groups is 1. The Morgan fingerprint density at radius 2 is 2.25 bits per heavy atom. The molecular formula is C9H16N2O. The fraction of sp³-hybridized carbons (Fsp3) is 0.667. The van der Waals surface area contributed by atoms with Crippen LogP contribution in [0.15, 0.2) is 6.20 Å². The third kappa shape index (κ3) is 2.00. The molecule has 68 valence electrons. The van der Waals surface area contributed by atoms with Crippen LogP contribution < -0.4 is 0 Å². The Morgan fingerprint density at radius 3 is 2.75 bits per heavy atom. The first-order valence-corrected chi connectivity index (χ1v) is 4.53. The van der Waals surface area contributed by atoms with E-state index in [4.69, 9.17) is 0 Å². The van der Waals surface area contributed by atoms with Crippen molar-refractivity contribution < 1.29 is 5.11 Å². The van der Waals surface area contributed by atoms with Gasteiger partial charge < -0.3 is 5.11 Å². The first-order chi connectivity index (χ1) is 5.77. The number of hydrogen-bond donors (Lipinski definition) is 1. The van der Waals surface area contributed by atoms with Crippen molar-refractivity contribution in [3.8, 4) is 5.88 Å². The summed E-state index contributed by atoms with van der Waals surface area (Å²) in [5.41, 5.74) is 0.971. The molecule has 1 aromatic rings. The predicted octanol–water partition coefficient (Wildman–Crippen LogP) is 1.95. The van der Waals surface area contributed by atoms with Gasteiger partial charge in [0.1, 0.15) is 0 Å². The van der Waals surface area contributed by atoms with Crippen LogP contribution in [0.3, 0.4) is 0 Å². The fourth-order valence-corrected chi connectivity index (χ4v) is 1.16. The molecule has 3 heteroatoms. The summed E-state index contributed by atoms with van der Waals surface area (Å²) in [6, 6.07) is 0. The lowest BCUT2D eigenvalue weighted by molar-refractivity contribution is 0.434. The van der Waals surface area contributed by atoms with Crippen LogP contribution >= 0.6 is 0 Å². The molecule has 0 amide bonds. The fourth-order valence-electron chi connectivity index (χ4n) is 1.16. The molecule has 1 N–H and O–H groups in total. The summed E-state index contributed by atoms with van der Waals surface area (Å²) in [6.45, 7) is 4.97. The smallest absolute Gasteiger partial charge is 0.233 e. The van der Waals surface area contributed by atoms with Gasteiger partial charge in [-0.3, -0.25) is 4.68 Å². The number of aromatic nitrogens is 2. The molecule has 0 saturated carbocycles. The van der Waals surface area contributed by atoms with Crippen molar-refractivity contribution in [2.75, 3.05) is 0 Å². The Bertz CT molecular complexity index is 243. The van der Waals surface area contributed by atoms with Crippen molar-refractivity contribution in [3.05, 3.63) is 11.8 Å². The molecule has 0 spiro atoms. The third-order valence-electron chi connectivity index (χ3n) is 1.94. The minimum absolute atomic E-state index is 0.199. The molecule has 0 aliphatic heterocycles. The molecule has 1 aromatic heterocycles. The maximum Gasteiger partial charge on any atom is 0.233 e. The van der Waals surface area contributed by atoms with Gasteiger partial charge in [0.15, 0.2) is 0 Å². The SMILES string of the molecule is CCCCc1cn(CC)nc1O. The lowest BCUT2D eigenvalue weighted by Crippen LogP contribution is -1.92. The normalized spacial score (nSPS) is 10.5. The van der Waals surface area contributed by atoms with Crippen molar-refractivity contribution in [1.82, 2.24) is 9.78 Å². The Balaban J connectivity index is 2.64.